The Morgan fingerprint density at radius 3 is 2.16 bits per heavy atom. The molecule has 0 saturated heterocycles. The number of aryl methyl sites for hydroxylation is 1. The first kappa shape index (κ1) is 27.5. The third-order valence-electron chi connectivity index (χ3n) is 8.64. The zero-order valence-electron chi connectivity index (χ0n) is 24.0. The number of fused-ring (bicyclic) bond motifs is 6. The average molecular weight is 557 g/mol. The Morgan fingerprint density at radius 2 is 1.40 bits per heavy atom. The van der Waals surface area contributed by atoms with Gasteiger partial charge in [-0.3, -0.25) is 4.98 Å². The Hall–Kier alpha value is -4.38. The van der Waals surface area contributed by atoms with Gasteiger partial charge in [0.2, 0.25) is 0 Å². The summed E-state index contributed by atoms with van der Waals surface area (Å²) < 4.78 is 37.5. The standard InChI is InChI=1S/C36H24B3F2NO/c1-18(2)36(38,39)27-16-30(42-17-29(27)41)25-10-6-9-23-24-13-14-28(40)32(35(24)43-34(23)25)31-22-8-5-4-7-20(22)21-12-11-19(3)15-26(21)33(31)37/h4-18H,1-3H3. The molecule has 7 rings (SSSR count). The van der Waals surface area contributed by atoms with E-state index < -0.39 is 16.8 Å². The number of rotatable bonds is 4. The van der Waals surface area contributed by atoms with Crippen LogP contribution in [0.2, 0.25) is 0 Å². The number of nitrogens with zero attached hydrogens (tertiary/aromatic N) is 1. The van der Waals surface area contributed by atoms with E-state index in [0.29, 0.717) is 33.4 Å². The number of hydrogen-bond donors (Lipinski definition) is 0. The lowest BCUT2D eigenvalue weighted by atomic mass is 9.46. The maximum atomic E-state index is 16.1. The molecule has 2 nitrogen and oxygen atoms in total. The van der Waals surface area contributed by atoms with Crippen LogP contribution in [-0.2, 0) is 5.21 Å². The van der Waals surface area contributed by atoms with Crippen molar-refractivity contribution in [2.75, 3.05) is 0 Å². The fourth-order valence-electron chi connectivity index (χ4n) is 6.10. The summed E-state index contributed by atoms with van der Waals surface area (Å²) in [6, 6.07) is 24.3. The molecule has 0 spiro atoms. The summed E-state index contributed by atoms with van der Waals surface area (Å²) in [6.45, 7) is 5.67. The topological polar surface area (TPSA) is 26.0 Å². The van der Waals surface area contributed by atoms with E-state index in [2.05, 4.69) is 11.1 Å². The highest BCUT2D eigenvalue weighted by Gasteiger charge is 2.28. The Balaban J connectivity index is 1.55. The molecule has 43 heavy (non-hydrogen) atoms. The van der Waals surface area contributed by atoms with Gasteiger partial charge in [-0.2, -0.15) is 0 Å². The minimum atomic E-state index is -1.41. The van der Waals surface area contributed by atoms with E-state index in [1.165, 1.54) is 6.07 Å². The number of aromatic nitrogens is 1. The van der Waals surface area contributed by atoms with Crippen LogP contribution in [0.25, 0.3) is 65.9 Å². The molecule has 0 aliphatic rings. The van der Waals surface area contributed by atoms with Gasteiger partial charge in [0.1, 0.15) is 30.6 Å². The maximum absolute atomic E-state index is 16.1. The molecule has 6 radical (unpaired) electrons. The Labute approximate surface area is 252 Å². The van der Waals surface area contributed by atoms with E-state index in [1.54, 1.807) is 12.1 Å². The summed E-state index contributed by atoms with van der Waals surface area (Å²) in [7, 11) is 19.6. The van der Waals surface area contributed by atoms with Gasteiger partial charge in [0, 0.05) is 16.3 Å². The molecule has 0 bridgehead atoms. The monoisotopic (exact) mass is 557 g/mol. The number of halogens is 2. The van der Waals surface area contributed by atoms with Gasteiger partial charge >= 0.3 is 0 Å². The average Bonchev–Trinajstić information content (AvgIpc) is 3.37. The van der Waals surface area contributed by atoms with E-state index in [-0.39, 0.29) is 17.0 Å². The number of hydrogen-bond acceptors (Lipinski definition) is 2. The van der Waals surface area contributed by atoms with Crippen molar-refractivity contribution in [2.45, 2.75) is 26.0 Å². The number of para-hydroxylation sites is 1. The normalized spacial score (nSPS) is 12.3. The zero-order chi connectivity index (χ0) is 30.2. The molecule has 2 aromatic heterocycles. The van der Waals surface area contributed by atoms with Crippen molar-refractivity contribution >= 4 is 72.5 Å². The summed E-state index contributed by atoms with van der Waals surface area (Å²) >= 11 is 0. The van der Waals surface area contributed by atoms with Crippen LogP contribution in [0.1, 0.15) is 25.0 Å². The summed E-state index contributed by atoms with van der Waals surface area (Å²) in [5.74, 6) is -1.28. The first-order valence-electron chi connectivity index (χ1n) is 14.2. The molecule has 0 aliphatic carbocycles. The van der Waals surface area contributed by atoms with Gasteiger partial charge in [0.15, 0.2) is 0 Å². The smallest absolute Gasteiger partial charge is 0.146 e. The maximum Gasteiger partial charge on any atom is 0.146 e. The minimum Gasteiger partial charge on any atom is -0.455 e. The SMILES string of the molecule is [B]c1c(-c2c(F)ccc3c2oc2c(-c4cc(C([B])([B])C(C)C)c(F)cn4)cccc23)c2ccccc2c2ccc(C)cc12. The molecule has 7 aromatic rings. The first-order chi connectivity index (χ1) is 20.6. The fraction of sp³-hybridized carbons (Fsp3) is 0.139. The van der Waals surface area contributed by atoms with E-state index in [0.717, 1.165) is 44.1 Å². The summed E-state index contributed by atoms with van der Waals surface area (Å²) in [4.78, 5) is 4.36. The lowest BCUT2D eigenvalue weighted by molar-refractivity contribution is 0.525. The van der Waals surface area contributed by atoms with Gasteiger partial charge in [-0.15, -0.1) is 0 Å². The van der Waals surface area contributed by atoms with Crippen LogP contribution in [0.15, 0.2) is 89.5 Å². The Kier molecular flexibility index (Phi) is 6.28. The number of pyridine rings is 1. The van der Waals surface area contributed by atoms with Crippen LogP contribution in [0.5, 0.6) is 0 Å². The van der Waals surface area contributed by atoms with E-state index in [1.807, 2.05) is 75.4 Å². The number of benzene rings is 5. The van der Waals surface area contributed by atoms with Gasteiger partial charge in [0.25, 0.3) is 0 Å². The lowest BCUT2D eigenvalue weighted by Crippen LogP contribution is -2.34. The van der Waals surface area contributed by atoms with Crippen LogP contribution in [0, 0.1) is 24.5 Å². The number of furan rings is 1. The molecule has 2 heterocycles. The van der Waals surface area contributed by atoms with Gasteiger partial charge in [-0.25, -0.2) is 8.78 Å². The van der Waals surface area contributed by atoms with Crippen molar-refractivity contribution in [1.29, 1.82) is 0 Å². The van der Waals surface area contributed by atoms with Crippen LogP contribution >= 0.6 is 0 Å². The Bertz CT molecular complexity index is 2250. The van der Waals surface area contributed by atoms with Crippen molar-refractivity contribution in [3.63, 3.8) is 0 Å². The largest absolute Gasteiger partial charge is 0.455 e. The van der Waals surface area contributed by atoms with Crippen LogP contribution in [0.4, 0.5) is 8.78 Å². The highest BCUT2D eigenvalue weighted by molar-refractivity contribution is 6.46. The lowest BCUT2D eigenvalue weighted by Gasteiger charge is -2.31. The van der Waals surface area contributed by atoms with Crippen molar-refractivity contribution in [1.82, 2.24) is 4.98 Å². The van der Waals surface area contributed by atoms with Crippen LogP contribution < -0.4 is 5.46 Å². The molecule has 0 unspecified atom stereocenters. The van der Waals surface area contributed by atoms with Crippen molar-refractivity contribution in [3.8, 4) is 22.4 Å². The molecule has 0 atom stereocenters. The van der Waals surface area contributed by atoms with E-state index in [4.69, 9.17) is 28.0 Å². The molecular weight excluding hydrogens is 533 g/mol. The van der Waals surface area contributed by atoms with Crippen LogP contribution in [-0.4, -0.2) is 28.5 Å². The molecule has 0 fully saturated rings. The highest BCUT2D eigenvalue weighted by Crippen LogP contribution is 2.43. The molecular formula is C36H24B3F2NO. The zero-order valence-corrected chi connectivity index (χ0v) is 24.0. The van der Waals surface area contributed by atoms with E-state index >= 15 is 4.39 Å². The molecule has 202 valence electrons. The molecule has 5 aromatic carbocycles. The third-order valence-corrected chi connectivity index (χ3v) is 8.64. The molecule has 0 amide bonds. The summed E-state index contributed by atoms with van der Waals surface area (Å²) in [5, 5.41) is 3.71. The van der Waals surface area contributed by atoms with Crippen molar-refractivity contribution < 1.29 is 13.2 Å². The van der Waals surface area contributed by atoms with Gasteiger partial charge in [0.05, 0.1) is 33.1 Å². The second-order valence-corrected chi connectivity index (χ2v) is 11.6. The molecule has 0 saturated carbocycles. The fourth-order valence-corrected chi connectivity index (χ4v) is 6.10. The second-order valence-electron chi connectivity index (χ2n) is 11.6. The highest BCUT2D eigenvalue weighted by atomic mass is 19.1. The van der Waals surface area contributed by atoms with Gasteiger partial charge in [-0.05, 0) is 63.9 Å². The first-order valence-corrected chi connectivity index (χ1v) is 14.2. The van der Waals surface area contributed by atoms with Gasteiger partial charge < -0.3 is 4.42 Å². The third kappa shape index (κ3) is 4.12. The predicted octanol–water partition coefficient (Wildman–Crippen LogP) is 8.15. The predicted molar refractivity (Wildman–Crippen MR) is 175 cm³/mol. The minimum absolute atomic E-state index is 0.151. The van der Waals surface area contributed by atoms with Crippen LogP contribution in [0.3, 0.4) is 0 Å². The van der Waals surface area contributed by atoms with E-state index in [9.17, 15) is 4.39 Å². The Morgan fingerprint density at radius 1 is 0.721 bits per heavy atom. The second kappa shape index (κ2) is 9.84. The molecule has 0 N–H and O–H groups in total. The molecule has 0 aliphatic heterocycles. The summed E-state index contributed by atoms with van der Waals surface area (Å²) in [5.41, 5.74) is 4.43. The summed E-state index contributed by atoms with van der Waals surface area (Å²) in [6.07, 6.45) is 1.12. The quantitative estimate of drug-likeness (QED) is 0.161. The van der Waals surface area contributed by atoms with Gasteiger partial charge in [-0.1, -0.05) is 90.6 Å². The molecule has 7 heteroatoms. The van der Waals surface area contributed by atoms with Crippen molar-refractivity contribution in [3.05, 3.63) is 108 Å². The van der Waals surface area contributed by atoms with Crippen molar-refractivity contribution in [2.24, 2.45) is 5.92 Å².